The Morgan fingerprint density at radius 2 is 1.89 bits per heavy atom. The first-order chi connectivity index (χ1) is 9.02. The Labute approximate surface area is 117 Å². The molecule has 0 saturated heterocycles. The highest BCUT2D eigenvalue weighted by Gasteiger charge is 2.02. The molecule has 0 unspecified atom stereocenters. The molecule has 0 fully saturated rings. The van der Waals surface area contributed by atoms with Crippen molar-refractivity contribution in [3.63, 3.8) is 0 Å². The van der Waals surface area contributed by atoms with Gasteiger partial charge in [0.05, 0.1) is 13.2 Å². The van der Waals surface area contributed by atoms with Crippen molar-refractivity contribution < 1.29 is 14.3 Å². The standard InChI is InChI=1S/C15H29NO3/c1-13(2)12-18-10-8-6-5-7-9-11-19-15(17)16-14(3)4/h6,8,13-14H,5,7,9-12H2,1-4H3,(H,16,17). The summed E-state index contributed by atoms with van der Waals surface area (Å²) in [5.74, 6) is 0.586. The molecule has 0 aliphatic rings. The highest BCUT2D eigenvalue weighted by molar-refractivity contribution is 5.67. The van der Waals surface area contributed by atoms with Crippen LogP contribution in [0, 0.1) is 5.92 Å². The van der Waals surface area contributed by atoms with Crippen molar-refractivity contribution in [3.8, 4) is 0 Å². The second-order valence-electron chi connectivity index (χ2n) is 5.33. The Kier molecular flexibility index (Phi) is 11.4. The maximum atomic E-state index is 11.2. The zero-order valence-corrected chi connectivity index (χ0v) is 12.8. The lowest BCUT2D eigenvalue weighted by Gasteiger charge is -2.08. The molecule has 0 bridgehead atoms. The fraction of sp³-hybridized carbons (Fsp3) is 0.800. The van der Waals surface area contributed by atoms with Gasteiger partial charge in [-0.3, -0.25) is 0 Å². The Morgan fingerprint density at radius 1 is 1.16 bits per heavy atom. The van der Waals surface area contributed by atoms with E-state index >= 15 is 0 Å². The van der Waals surface area contributed by atoms with Crippen molar-refractivity contribution in [2.75, 3.05) is 19.8 Å². The van der Waals surface area contributed by atoms with E-state index in [0.29, 0.717) is 19.1 Å². The minimum Gasteiger partial charge on any atom is -0.450 e. The van der Waals surface area contributed by atoms with Gasteiger partial charge in [-0.2, -0.15) is 0 Å². The summed E-state index contributed by atoms with van der Waals surface area (Å²) >= 11 is 0. The second kappa shape index (κ2) is 12.0. The minimum absolute atomic E-state index is 0.126. The van der Waals surface area contributed by atoms with Crippen LogP contribution in [0.5, 0.6) is 0 Å². The lowest BCUT2D eigenvalue weighted by Crippen LogP contribution is -2.30. The minimum atomic E-state index is -0.326. The van der Waals surface area contributed by atoms with E-state index in [9.17, 15) is 4.79 Å². The fourth-order valence-electron chi connectivity index (χ4n) is 1.36. The summed E-state index contributed by atoms with van der Waals surface area (Å²) in [6, 6.07) is 0.126. The number of hydrogen-bond acceptors (Lipinski definition) is 3. The SMILES string of the molecule is CC(C)COCC=CCCCCOC(=O)NC(C)C. The van der Waals surface area contributed by atoms with E-state index < -0.39 is 0 Å². The van der Waals surface area contributed by atoms with E-state index in [0.717, 1.165) is 25.9 Å². The number of hydrogen-bond donors (Lipinski definition) is 1. The van der Waals surface area contributed by atoms with Crippen LogP contribution in [0.3, 0.4) is 0 Å². The van der Waals surface area contributed by atoms with E-state index in [1.165, 1.54) is 0 Å². The van der Waals surface area contributed by atoms with Crippen molar-refractivity contribution >= 4 is 6.09 Å². The van der Waals surface area contributed by atoms with Crippen LogP contribution < -0.4 is 5.32 Å². The molecule has 0 spiro atoms. The fourth-order valence-corrected chi connectivity index (χ4v) is 1.36. The van der Waals surface area contributed by atoms with Crippen LogP contribution in [0.15, 0.2) is 12.2 Å². The monoisotopic (exact) mass is 271 g/mol. The van der Waals surface area contributed by atoms with E-state index in [1.807, 2.05) is 13.8 Å². The third kappa shape index (κ3) is 14.9. The number of unbranched alkanes of at least 4 members (excludes halogenated alkanes) is 2. The molecular formula is C15H29NO3. The third-order valence-corrected chi connectivity index (χ3v) is 2.24. The lowest BCUT2D eigenvalue weighted by molar-refractivity contribution is 0.134. The Morgan fingerprint density at radius 3 is 2.53 bits per heavy atom. The van der Waals surface area contributed by atoms with Crippen molar-refractivity contribution in [1.29, 1.82) is 0 Å². The maximum absolute atomic E-state index is 11.2. The van der Waals surface area contributed by atoms with Crippen molar-refractivity contribution in [2.45, 2.75) is 53.0 Å². The van der Waals surface area contributed by atoms with Gasteiger partial charge in [0.2, 0.25) is 0 Å². The Hall–Kier alpha value is -1.03. The van der Waals surface area contributed by atoms with E-state index in [1.54, 1.807) is 0 Å². The normalized spacial score (nSPS) is 11.5. The van der Waals surface area contributed by atoms with Crippen LogP contribution in [0.1, 0.15) is 47.0 Å². The second-order valence-corrected chi connectivity index (χ2v) is 5.33. The lowest BCUT2D eigenvalue weighted by atomic mass is 10.2. The number of amides is 1. The van der Waals surface area contributed by atoms with Crippen LogP contribution in [0.2, 0.25) is 0 Å². The first-order valence-electron chi connectivity index (χ1n) is 7.18. The molecule has 4 nitrogen and oxygen atoms in total. The Bertz CT molecular complexity index is 250. The summed E-state index contributed by atoms with van der Waals surface area (Å²) in [7, 11) is 0. The molecule has 19 heavy (non-hydrogen) atoms. The molecule has 0 rings (SSSR count). The first kappa shape index (κ1) is 18.0. The number of nitrogens with one attached hydrogen (secondary N) is 1. The summed E-state index contributed by atoms with van der Waals surface area (Å²) in [5, 5.41) is 2.69. The van der Waals surface area contributed by atoms with Crippen molar-refractivity contribution in [3.05, 3.63) is 12.2 Å². The van der Waals surface area contributed by atoms with Gasteiger partial charge in [-0.25, -0.2) is 4.79 Å². The van der Waals surface area contributed by atoms with Gasteiger partial charge >= 0.3 is 6.09 Å². The summed E-state index contributed by atoms with van der Waals surface area (Å²) in [6.07, 6.45) is 6.76. The molecule has 1 amide bonds. The molecule has 0 atom stereocenters. The highest BCUT2D eigenvalue weighted by atomic mass is 16.5. The summed E-state index contributed by atoms with van der Waals surface area (Å²) < 4.78 is 10.5. The number of alkyl carbamates (subject to hydrolysis) is 1. The number of rotatable bonds is 10. The molecule has 0 aromatic rings. The maximum Gasteiger partial charge on any atom is 0.407 e. The van der Waals surface area contributed by atoms with E-state index in [4.69, 9.17) is 9.47 Å². The van der Waals surface area contributed by atoms with Gasteiger partial charge in [-0.1, -0.05) is 26.0 Å². The number of ether oxygens (including phenoxy) is 2. The average Bonchev–Trinajstić information content (AvgIpc) is 2.30. The first-order valence-corrected chi connectivity index (χ1v) is 7.18. The topological polar surface area (TPSA) is 47.6 Å². The largest absolute Gasteiger partial charge is 0.450 e. The predicted molar refractivity (Wildman–Crippen MR) is 78.3 cm³/mol. The van der Waals surface area contributed by atoms with Crippen molar-refractivity contribution in [2.24, 2.45) is 5.92 Å². The van der Waals surface area contributed by atoms with Crippen LogP contribution in [-0.2, 0) is 9.47 Å². The average molecular weight is 271 g/mol. The van der Waals surface area contributed by atoms with Gasteiger partial charge in [0, 0.05) is 12.6 Å². The summed E-state index contributed by atoms with van der Waals surface area (Å²) in [6.45, 7) is 10.1. The molecule has 0 aliphatic carbocycles. The van der Waals surface area contributed by atoms with Gasteiger partial charge < -0.3 is 14.8 Å². The summed E-state index contributed by atoms with van der Waals surface area (Å²) in [5.41, 5.74) is 0. The van der Waals surface area contributed by atoms with Gasteiger partial charge in [0.1, 0.15) is 0 Å². The molecule has 0 saturated carbocycles. The van der Waals surface area contributed by atoms with Gasteiger partial charge in [0.15, 0.2) is 0 Å². The smallest absolute Gasteiger partial charge is 0.407 e. The molecule has 0 aliphatic heterocycles. The van der Waals surface area contributed by atoms with E-state index in [2.05, 4.69) is 31.3 Å². The number of allylic oxidation sites excluding steroid dienone is 1. The molecule has 0 aromatic carbocycles. The number of carbonyl (C=O) groups excluding carboxylic acids is 1. The van der Waals surface area contributed by atoms with Crippen LogP contribution in [0.4, 0.5) is 4.79 Å². The van der Waals surface area contributed by atoms with Gasteiger partial charge in [-0.15, -0.1) is 0 Å². The molecular weight excluding hydrogens is 242 g/mol. The van der Waals surface area contributed by atoms with Crippen LogP contribution in [-0.4, -0.2) is 32.0 Å². The number of carbonyl (C=O) groups is 1. The summed E-state index contributed by atoms with van der Waals surface area (Å²) in [4.78, 5) is 11.2. The highest BCUT2D eigenvalue weighted by Crippen LogP contribution is 1.98. The molecule has 1 N–H and O–H groups in total. The molecule has 0 heterocycles. The van der Waals surface area contributed by atoms with Crippen LogP contribution >= 0.6 is 0 Å². The molecule has 0 aromatic heterocycles. The predicted octanol–water partition coefficient (Wildman–Crippen LogP) is 3.52. The van der Waals surface area contributed by atoms with Gasteiger partial charge in [0.25, 0.3) is 0 Å². The molecule has 4 heteroatoms. The third-order valence-electron chi connectivity index (χ3n) is 2.24. The zero-order valence-electron chi connectivity index (χ0n) is 12.8. The quantitative estimate of drug-likeness (QED) is 0.488. The van der Waals surface area contributed by atoms with Gasteiger partial charge in [-0.05, 0) is 39.0 Å². The van der Waals surface area contributed by atoms with Crippen LogP contribution in [0.25, 0.3) is 0 Å². The van der Waals surface area contributed by atoms with E-state index in [-0.39, 0.29) is 12.1 Å². The Balaban J connectivity index is 3.26. The molecule has 0 radical (unpaired) electrons. The molecule has 112 valence electrons. The zero-order chi connectivity index (χ0) is 14.5. The van der Waals surface area contributed by atoms with Crippen molar-refractivity contribution in [1.82, 2.24) is 5.32 Å².